The third-order valence-electron chi connectivity index (χ3n) is 4.49. The summed E-state index contributed by atoms with van der Waals surface area (Å²) < 4.78 is 43.8. The summed E-state index contributed by atoms with van der Waals surface area (Å²) in [6.45, 7) is 10.7. The second kappa shape index (κ2) is 14.7. The molecule has 26 heavy (non-hydrogen) atoms. The standard InChI is InChI=1S/C20H39FO5/c1-5-9-12-23-17-16(15-22-8-4)26-20(21)19(25-14-11-7-3)18(17)24-13-10-6-2/h16-20H,5-15H2,1-4H3/t16?,17-,18?,19?,20?/m0/s1. The molecule has 1 aliphatic rings. The zero-order valence-electron chi connectivity index (χ0n) is 17.1. The molecule has 5 nitrogen and oxygen atoms in total. The zero-order valence-corrected chi connectivity index (χ0v) is 17.1. The van der Waals surface area contributed by atoms with Crippen LogP contribution in [-0.2, 0) is 23.7 Å². The number of halogens is 1. The summed E-state index contributed by atoms with van der Waals surface area (Å²) >= 11 is 0. The van der Waals surface area contributed by atoms with Crippen LogP contribution in [0.5, 0.6) is 0 Å². The van der Waals surface area contributed by atoms with Gasteiger partial charge in [-0.25, -0.2) is 4.39 Å². The van der Waals surface area contributed by atoms with Crippen molar-refractivity contribution in [2.45, 2.75) is 97.0 Å². The summed E-state index contributed by atoms with van der Waals surface area (Å²) in [5.74, 6) is 0. The third-order valence-corrected chi connectivity index (χ3v) is 4.49. The summed E-state index contributed by atoms with van der Waals surface area (Å²) in [6.07, 6.45) is 2.16. The van der Waals surface area contributed by atoms with E-state index >= 15 is 0 Å². The second-order valence-electron chi connectivity index (χ2n) is 6.75. The first-order valence-corrected chi connectivity index (χ1v) is 10.4. The van der Waals surface area contributed by atoms with Gasteiger partial charge in [-0.2, -0.15) is 0 Å². The van der Waals surface area contributed by atoms with Crippen molar-refractivity contribution < 1.29 is 28.1 Å². The van der Waals surface area contributed by atoms with Crippen molar-refractivity contribution >= 4 is 0 Å². The molecule has 0 aromatic carbocycles. The molecule has 0 N–H and O–H groups in total. The van der Waals surface area contributed by atoms with Gasteiger partial charge < -0.3 is 23.7 Å². The lowest BCUT2D eigenvalue weighted by Gasteiger charge is -2.43. The Morgan fingerprint density at radius 2 is 1.23 bits per heavy atom. The maximum Gasteiger partial charge on any atom is 0.228 e. The van der Waals surface area contributed by atoms with Crippen molar-refractivity contribution in [3.05, 3.63) is 0 Å². The smallest absolute Gasteiger partial charge is 0.228 e. The largest absolute Gasteiger partial charge is 0.379 e. The van der Waals surface area contributed by atoms with Crippen LogP contribution < -0.4 is 0 Å². The predicted octanol–water partition coefficient (Wildman–Crippen LogP) is 4.27. The molecule has 4 unspecified atom stereocenters. The van der Waals surface area contributed by atoms with Crippen molar-refractivity contribution in [3.63, 3.8) is 0 Å². The topological polar surface area (TPSA) is 46.2 Å². The molecular formula is C20H39FO5. The molecule has 0 aromatic heterocycles. The maximum atomic E-state index is 14.7. The summed E-state index contributed by atoms with van der Waals surface area (Å²) in [7, 11) is 0. The molecule has 0 aliphatic carbocycles. The Morgan fingerprint density at radius 3 is 1.73 bits per heavy atom. The number of rotatable bonds is 15. The van der Waals surface area contributed by atoms with Gasteiger partial charge in [-0.15, -0.1) is 0 Å². The van der Waals surface area contributed by atoms with E-state index < -0.39 is 24.7 Å². The van der Waals surface area contributed by atoms with Gasteiger partial charge in [0.25, 0.3) is 0 Å². The van der Waals surface area contributed by atoms with Crippen LogP contribution in [0.25, 0.3) is 0 Å². The normalized spacial score (nSPS) is 29.2. The van der Waals surface area contributed by atoms with Gasteiger partial charge in [0.2, 0.25) is 6.36 Å². The van der Waals surface area contributed by atoms with Crippen molar-refractivity contribution in [2.75, 3.05) is 33.0 Å². The lowest BCUT2D eigenvalue weighted by atomic mass is 9.98. The lowest BCUT2D eigenvalue weighted by molar-refractivity contribution is -0.292. The first-order chi connectivity index (χ1) is 12.7. The van der Waals surface area contributed by atoms with Gasteiger partial charge >= 0.3 is 0 Å². The average Bonchev–Trinajstić information content (AvgIpc) is 2.64. The Morgan fingerprint density at radius 1 is 0.731 bits per heavy atom. The Balaban J connectivity index is 2.86. The monoisotopic (exact) mass is 378 g/mol. The van der Waals surface area contributed by atoms with Crippen LogP contribution in [0.4, 0.5) is 4.39 Å². The van der Waals surface area contributed by atoms with Crippen LogP contribution in [0.15, 0.2) is 0 Å². The Labute approximate surface area is 158 Å². The lowest BCUT2D eigenvalue weighted by Crippen LogP contribution is -2.60. The van der Waals surface area contributed by atoms with Crippen LogP contribution in [0.3, 0.4) is 0 Å². The van der Waals surface area contributed by atoms with Crippen LogP contribution in [0.2, 0.25) is 0 Å². The summed E-state index contributed by atoms with van der Waals surface area (Å²) in [5, 5.41) is 0. The quantitative estimate of drug-likeness (QED) is 0.398. The molecule has 0 bridgehead atoms. The average molecular weight is 379 g/mol. The van der Waals surface area contributed by atoms with Gasteiger partial charge in [0.05, 0.1) is 6.61 Å². The van der Waals surface area contributed by atoms with Crippen molar-refractivity contribution in [2.24, 2.45) is 0 Å². The highest BCUT2D eigenvalue weighted by atomic mass is 19.1. The van der Waals surface area contributed by atoms with Crippen LogP contribution in [0, 0.1) is 0 Å². The number of hydrogen-bond donors (Lipinski definition) is 0. The summed E-state index contributed by atoms with van der Waals surface area (Å²) in [5.41, 5.74) is 0. The first kappa shape index (κ1) is 23.8. The Bertz CT molecular complexity index is 331. The fourth-order valence-corrected chi connectivity index (χ4v) is 2.89. The molecule has 0 saturated carbocycles. The SMILES string of the molecule is CCCCOC1C(F)OC(COCC)[C@H](OCCCC)C1OCCCC. The van der Waals surface area contributed by atoms with E-state index in [0.717, 1.165) is 38.5 Å². The number of unbranched alkanes of at least 4 members (excludes halogenated alkanes) is 3. The molecule has 1 heterocycles. The molecule has 156 valence electrons. The van der Waals surface area contributed by atoms with E-state index in [-0.39, 0.29) is 6.10 Å². The van der Waals surface area contributed by atoms with E-state index in [2.05, 4.69) is 20.8 Å². The molecule has 1 rings (SSSR count). The van der Waals surface area contributed by atoms with E-state index in [4.69, 9.17) is 23.7 Å². The van der Waals surface area contributed by atoms with Gasteiger partial charge in [0, 0.05) is 26.4 Å². The molecule has 6 heteroatoms. The zero-order chi connectivity index (χ0) is 19.2. The van der Waals surface area contributed by atoms with Crippen molar-refractivity contribution in [1.82, 2.24) is 0 Å². The molecule has 1 saturated heterocycles. The van der Waals surface area contributed by atoms with E-state index in [9.17, 15) is 4.39 Å². The minimum Gasteiger partial charge on any atom is -0.379 e. The molecular weight excluding hydrogens is 339 g/mol. The molecule has 1 fully saturated rings. The number of hydrogen-bond acceptors (Lipinski definition) is 5. The van der Waals surface area contributed by atoms with Crippen molar-refractivity contribution in [1.29, 1.82) is 0 Å². The highest BCUT2D eigenvalue weighted by Crippen LogP contribution is 2.30. The van der Waals surface area contributed by atoms with Gasteiger partial charge in [-0.05, 0) is 26.2 Å². The number of alkyl halides is 1. The molecule has 1 aliphatic heterocycles. The van der Waals surface area contributed by atoms with E-state index in [1.54, 1.807) is 0 Å². The Kier molecular flexibility index (Phi) is 13.5. The van der Waals surface area contributed by atoms with Gasteiger partial charge in [-0.1, -0.05) is 40.0 Å². The minimum atomic E-state index is -1.53. The molecule has 0 spiro atoms. The van der Waals surface area contributed by atoms with E-state index in [1.807, 2.05) is 6.92 Å². The molecule has 0 aromatic rings. The molecule has 0 radical (unpaired) electrons. The third kappa shape index (κ3) is 8.17. The first-order valence-electron chi connectivity index (χ1n) is 10.4. The van der Waals surface area contributed by atoms with E-state index in [0.29, 0.717) is 33.0 Å². The van der Waals surface area contributed by atoms with Gasteiger partial charge in [-0.3, -0.25) is 0 Å². The highest BCUT2D eigenvalue weighted by molar-refractivity contribution is 4.92. The number of ether oxygens (including phenoxy) is 5. The van der Waals surface area contributed by atoms with Crippen LogP contribution in [0.1, 0.15) is 66.2 Å². The van der Waals surface area contributed by atoms with Crippen LogP contribution in [-0.4, -0.2) is 63.8 Å². The van der Waals surface area contributed by atoms with Gasteiger partial charge in [0.15, 0.2) is 0 Å². The summed E-state index contributed by atoms with van der Waals surface area (Å²) in [6, 6.07) is 0. The maximum absolute atomic E-state index is 14.7. The molecule has 0 amide bonds. The summed E-state index contributed by atoms with van der Waals surface area (Å²) in [4.78, 5) is 0. The van der Waals surface area contributed by atoms with E-state index in [1.165, 1.54) is 0 Å². The second-order valence-corrected chi connectivity index (χ2v) is 6.75. The van der Waals surface area contributed by atoms with Gasteiger partial charge in [0.1, 0.15) is 24.4 Å². The Hall–Kier alpha value is -0.270. The highest BCUT2D eigenvalue weighted by Gasteiger charge is 2.48. The minimum absolute atomic E-state index is 0.295. The predicted molar refractivity (Wildman–Crippen MR) is 100 cm³/mol. The fraction of sp³-hybridized carbons (Fsp3) is 1.00. The fourth-order valence-electron chi connectivity index (χ4n) is 2.89. The van der Waals surface area contributed by atoms with Crippen molar-refractivity contribution in [3.8, 4) is 0 Å². The molecule has 5 atom stereocenters. The van der Waals surface area contributed by atoms with Crippen LogP contribution >= 0.6 is 0 Å².